The lowest BCUT2D eigenvalue weighted by Gasteiger charge is -2.01. The summed E-state index contributed by atoms with van der Waals surface area (Å²) in [5, 5.41) is 8.89. The molecule has 0 spiro atoms. The van der Waals surface area contributed by atoms with Crippen molar-refractivity contribution >= 4 is 47.4 Å². The number of benzene rings is 2. The zero-order chi connectivity index (χ0) is 19.5. The molecule has 2 amide bonds. The topological polar surface area (TPSA) is 82.9 Å². The number of nitrogens with zero attached hydrogens (tertiary/aromatic N) is 2. The predicted octanol–water partition coefficient (Wildman–Crippen LogP) is 3.76. The third-order valence-corrected chi connectivity index (χ3v) is 3.78. The zero-order valence-electron chi connectivity index (χ0n) is 14.4. The second kappa shape index (κ2) is 11.1. The number of hydrazone groups is 2. The van der Waals surface area contributed by atoms with Gasteiger partial charge in [-0.15, -0.1) is 0 Å². The van der Waals surface area contributed by atoms with Gasteiger partial charge >= 0.3 is 0 Å². The highest BCUT2D eigenvalue weighted by Gasteiger charge is 2.04. The summed E-state index contributed by atoms with van der Waals surface area (Å²) >= 11 is 11.7. The minimum Gasteiger partial charge on any atom is -0.273 e. The summed E-state index contributed by atoms with van der Waals surface area (Å²) in [6.07, 6.45) is 3.75. The van der Waals surface area contributed by atoms with Gasteiger partial charge in [0, 0.05) is 22.9 Å². The van der Waals surface area contributed by atoms with E-state index in [4.69, 9.17) is 23.2 Å². The molecule has 0 radical (unpaired) electrons. The van der Waals surface area contributed by atoms with E-state index in [9.17, 15) is 9.59 Å². The van der Waals surface area contributed by atoms with Gasteiger partial charge in [-0.1, -0.05) is 47.5 Å². The van der Waals surface area contributed by atoms with Gasteiger partial charge in [0.1, 0.15) is 0 Å². The summed E-state index contributed by atoms with van der Waals surface area (Å²) in [6, 6.07) is 14.2. The van der Waals surface area contributed by atoms with Gasteiger partial charge in [0.2, 0.25) is 11.8 Å². The molecule has 140 valence electrons. The van der Waals surface area contributed by atoms with Crippen molar-refractivity contribution in [3.63, 3.8) is 0 Å². The highest BCUT2D eigenvalue weighted by Crippen LogP contribution is 2.09. The van der Waals surface area contributed by atoms with Gasteiger partial charge in [-0.2, -0.15) is 10.2 Å². The van der Waals surface area contributed by atoms with Crippen LogP contribution in [0, 0.1) is 0 Å². The molecular weight excluding hydrogens is 387 g/mol. The largest absolute Gasteiger partial charge is 0.273 e. The smallest absolute Gasteiger partial charge is 0.240 e. The Morgan fingerprint density at radius 1 is 0.815 bits per heavy atom. The van der Waals surface area contributed by atoms with Gasteiger partial charge in [-0.3, -0.25) is 9.59 Å². The summed E-state index contributed by atoms with van der Waals surface area (Å²) in [5.41, 5.74) is 6.37. The number of nitrogens with one attached hydrogen (secondary N) is 2. The Morgan fingerprint density at radius 3 is 1.67 bits per heavy atom. The van der Waals surface area contributed by atoms with E-state index in [1.165, 1.54) is 12.4 Å². The lowest BCUT2D eigenvalue weighted by Crippen LogP contribution is -2.20. The van der Waals surface area contributed by atoms with Crippen molar-refractivity contribution in [1.82, 2.24) is 10.9 Å². The van der Waals surface area contributed by atoms with Crippen molar-refractivity contribution in [2.45, 2.75) is 19.3 Å². The fraction of sp³-hybridized carbons (Fsp3) is 0.158. The molecule has 0 aliphatic heterocycles. The average molecular weight is 405 g/mol. The van der Waals surface area contributed by atoms with Crippen LogP contribution in [-0.2, 0) is 9.59 Å². The van der Waals surface area contributed by atoms with Crippen LogP contribution in [0.2, 0.25) is 10.0 Å². The molecule has 8 heteroatoms. The van der Waals surface area contributed by atoms with E-state index in [0.717, 1.165) is 11.1 Å². The standard InChI is InChI=1S/C19H18Cl2N4O2/c20-16-6-1-4-14(10-16)12-22-24-18(26)8-3-9-19(27)25-23-13-15-5-2-7-17(21)11-15/h1-2,4-7,10-13H,3,8-9H2,(H,24,26)(H,25,27)/b22-12+,23-13?. The first-order valence-electron chi connectivity index (χ1n) is 8.18. The number of carbonyl (C=O) groups is 2. The maximum Gasteiger partial charge on any atom is 0.240 e. The van der Waals surface area contributed by atoms with Gasteiger partial charge in [0.15, 0.2) is 0 Å². The Labute approximate surface area is 167 Å². The van der Waals surface area contributed by atoms with Crippen molar-refractivity contribution in [1.29, 1.82) is 0 Å². The van der Waals surface area contributed by atoms with Crippen molar-refractivity contribution in [3.8, 4) is 0 Å². The van der Waals surface area contributed by atoms with Crippen LogP contribution < -0.4 is 10.9 Å². The SMILES string of the molecule is O=C(CCCC(=O)N/N=C/c1cccc(Cl)c1)NN=Cc1cccc(Cl)c1. The molecule has 0 fully saturated rings. The molecule has 0 aliphatic rings. The number of hydrogen-bond acceptors (Lipinski definition) is 4. The molecule has 6 nitrogen and oxygen atoms in total. The van der Waals surface area contributed by atoms with Crippen molar-refractivity contribution in [2.24, 2.45) is 10.2 Å². The molecule has 2 aromatic carbocycles. The summed E-state index contributed by atoms with van der Waals surface area (Å²) in [6.45, 7) is 0. The van der Waals surface area contributed by atoms with Gasteiger partial charge in [0.25, 0.3) is 0 Å². The van der Waals surface area contributed by atoms with E-state index < -0.39 is 0 Å². The number of amides is 2. The van der Waals surface area contributed by atoms with Crippen LogP contribution in [0.25, 0.3) is 0 Å². The summed E-state index contributed by atoms with van der Waals surface area (Å²) < 4.78 is 0. The maximum absolute atomic E-state index is 11.7. The summed E-state index contributed by atoms with van der Waals surface area (Å²) in [7, 11) is 0. The van der Waals surface area contributed by atoms with E-state index in [1.807, 2.05) is 12.1 Å². The lowest BCUT2D eigenvalue weighted by atomic mass is 10.2. The fourth-order valence-electron chi connectivity index (χ4n) is 2.05. The highest BCUT2D eigenvalue weighted by molar-refractivity contribution is 6.31. The quantitative estimate of drug-likeness (QED) is 0.518. The molecule has 2 N–H and O–H groups in total. The zero-order valence-corrected chi connectivity index (χ0v) is 15.9. The minimum absolute atomic E-state index is 0.179. The van der Waals surface area contributed by atoms with Gasteiger partial charge in [-0.25, -0.2) is 10.9 Å². The van der Waals surface area contributed by atoms with Crippen LogP contribution in [0.1, 0.15) is 30.4 Å². The van der Waals surface area contributed by atoms with E-state index in [1.54, 1.807) is 36.4 Å². The monoisotopic (exact) mass is 404 g/mol. The van der Waals surface area contributed by atoms with E-state index >= 15 is 0 Å². The molecule has 2 rings (SSSR count). The van der Waals surface area contributed by atoms with Crippen LogP contribution in [0.15, 0.2) is 58.7 Å². The van der Waals surface area contributed by atoms with Gasteiger partial charge in [-0.05, 0) is 41.8 Å². The first-order chi connectivity index (χ1) is 13.0. The molecule has 2 aromatic rings. The Morgan fingerprint density at radius 2 is 1.26 bits per heavy atom. The number of carbonyl (C=O) groups excluding carboxylic acids is 2. The number of hydrogen-bond donors (Lipinski definition) is 2. The molecule has 0 aliphatic carbocycles. The van der Waals surface area contributed by atoms with Gasteiger partial charge < -0.3 is 0 Å². The number of halogens is 2. The summed E-state index contributed by atoms with van der Waals surface area (Å²) in [4.78, 5) is 23.4. The van der Waals surface area contributed by atoms with E-state index in [2.05, 4.69) is 21.1 Å². The number of rotatable bonds is 8. The Balaban J connectivity index is 1.63. The van der Waals surface area contributed by atoms with Crippen LogP contribution in [0.4, 0.5) is 0 Å². The molecular formula is C19H18Cl2N4O2. The third-order valence-electron chi connectivity index (χ3n) is 3.31. The average Bonchev–Trinajstić information content (AvgIpc) is 2.62. The van der Waals surface area contributed by atoms with Crippen molar-refractivity contribution < 1.29 is 9.59 Å². The predicted molar refractivity (Wildman–Crippen MR) is 108 cm³/mol. The van der Waals surface area contributed by atoms with Crippen LogP contribution in [0.3, 0.4) is 0 Å². The molecule has 27 heavy (non-hydrogen) atoms. The molecule has 0 bridgehead atoms. The molecule has 0 aromatic heterocycles. The van der Waals surface area contributed by atoms with Crippen LogP contribution >= 0.6 is 23.2 Å². The van der Waals surface area contributed by atoms with Crippen LogP contribution in [-0.4, -0.2) is 24.2 Å². The second-order valence-corrected chi connectivity index (χ2v) is 6.42. The Bertz CT molecular complexity index is 784. The normalized spacial score (nSPS) is 11.0. The van der Waals surface area contributed by atoms with Crippen molar-refractivity contribution in [3.05, 3.63) is 69.7 Å². The molecule has 0 saturated carbocycles. The van der Waals surface area contributed by atoms with E-state index in [-0.39, 0.29) is 24.7 Å². The third kappa shape index (κ3) is 8.48. The summed E-state index contributed by atoms with van der Waals surface area (Å²) in [5.74, 6) is -0.549. The Kier molecular flexibility index (Phi) is 8.48. The minimum atomic E-state index is -0.275. The van der Waals surface area contributed by atoms with E-state index in [0.29, 0.717) is 16.5 Å². The highest BCUT2D eigenvalue weighted by atomic mass is 35.5. The first-order valence-corrected chi connectivity index (χ1v) is 8.93. The molecule has 0 atom stereocenters. The lowest BCUT2D eigenvalue weighted by molar-refractivity contribution is -0.122. The molecule has 0 heterocycles. The molecule has 0 saturated heterocycles. The Hall–Kier alpha value is -2.70. The maximum atomic E-state index is 11.7. The second-order valence-electron chi connectivity index (χ2n) is 5.55. The first kappa shape index (κ1) is 20.6. The van der Waals surface area contributed by atoms with Gasteiger partial charge in [0.05, 0.1) is 12.4 Å². The molecule has 0 unspecified atom stereocenters. The fourth-order valence-corrected chi connectivity index (χ4v) is 2.45. The van der Waals surface area contributed by atoms with Crippen LogP contribution in [0.5, 0.6) is 0 Å². The van der Waals surface area contributed by atoms with Crippen molar-refractivity contribution in [2.75, 3.05) is 0 Å².